The van der Waals surface area contributed by atoms with Crippen molar-refractivity contribution in [3.05, 3.63) is 59.2 Å². The number of hydrogen-bond donors (Lipinski definition) is 2. The monoisotopic (exact) mass is 481 g/mol. The Morgan fingerprint density at radius 2 is 1.88 bits per heavy atom. The minimum atomic E-state index is -4.03. The van der Waals surface area contributed by atoms with Crippen molar-refractivity contribution in [3.8, 4) is 5.69 Å². The van der Waals surface area contributed by atoms with Crippen LogP contribution in [0.25, 0.3) is 27.5 Å². The Bertz CT molecular complexity index is 1420. The van der Waals surface area contributed by atoms with Gasteiger partial charge < -0.3 is 14.4 Å². The molecule has 0 aliphatic heterocycles. The molecule has 4 aromatic rings. The van der Waals surface area contributed by atoms with Crippen LogP contribution < -0.4 is 0 Å². The van der Waals surface area contributed by atoms with Gasteiger partial charge in [0.25, 0.3) is 5.92 Å². The number of aliphatic carboxylic acids is 1. The van der Waals surface area contributed by atoms with Crippen LogP contribution in [0.2, 0.25) is 0 Å². The van der Waals surface area contributed by atoms with Crippen LogP contribution in [-0.2, 0) is 20.9 Å². The molecule has 2 aromatic heterocycles. The van der Waals surface area contributed by atoms with Crippen molar-refractivity contribution in [1.82, 2.24) is 14.8 Å². The predicted octanol–water partition coefficient (Wildman–Crippen LogP) is 5.41. The fourth-order valence-electron chi connectivity index (χ4n) is 4.40. The number of benzene rings is 2. The number of ether oxygens (including phenoxy) is 1. The van der Waals surface area contributed by atoms with Gasteiger partial charge in [0.2, 0.25) is 0 Å². The van der Waals surface area contributed by atoms with Crippen molar-refractivity contribution in [3.63, 3.8) is 0 Å². The normalized spacial score (nSPS) is 12.7. The number of aromatic amines is 1. The first-order chi connectivity index (χ1) is 15.9. The maximum Gasteiger partial charge on any atom is 0.309 e. The summed E-state index contributed by atoms with van der Waals surface area (Å²) in [5.41, 5.74) is -2.60. The second-order valence-electron chi connectivity index (χ2n) is 8.67. The molecule has 0 bridgehead atoms. The molecule has 0 saturated carbocycles. The molecule has 2 heterocycles. The van der Waals surface area contributed by atoms with E-state index in [4.69, 9.17) is 9.84 Å². The maximum absolute atomic E-state index is 15.7. The van der Waals surface area contributed by atoms with Crippen LogP contribution in [0.3, 0.4) is 0 Å². The molecule has 2 aromatic carbocycles. The van der Waals surface area contributed by atoms with Crippen molar-refractivity contribution in [2.75, 3.05) is 13.7 Å². The molecule has 2 N–H and O–H groups in total. The number of hydrogen-bond acceptors (Lipinski definition) is 3. The molecule has 0 aliphatic rings. The van der Waals surface area contributed by atoms with Gasteiger partial charge in [-0.25, -0.2) is 22.0 Å². The number of methoxy groups -OCH3 is 1. The predicted molar refractivity (Wildman–Crippen MR) is 114 cm³/mol. The third-order valence-corrected chi connectivity index (χ3v) is 5.65. The van der Waals surface area contributed by atoms with Crippen molar-refractivity contribution in [2.45, 2.75) is 31.6 Å². The highest BCUT2D eigenvalue weighted by atomic mass is 19.3. The molecule has 4 rings (SSSR count). The Balaban J connectivity index is 2.27. The second kappa shape index (κ2) is 8.08. The first kappa shape index (κ1) is 23.7. The molecule has 180 valence electrons. The minimum absolute atomic E-state index is 0.0531. The first-order valence-corrected chi connectivity index (χ1v) is 10.1. The molecule has 0 atom stereocenters. The Hall–Kier alpha value is -3.47. The summed E-state index contributed by atoms with van der Waals surface area (Å²) in [6, 6.07) is 4.18. The number of carbonyl (C=O) groups is 1. The molecular formula is C23H20F5N3O3. The van der Waals surface area contributed by atoms with Gasteiger partial charge in [0, 0.05) is 40.7 Å². The van der Waals surface area contributed by atoms with Crippen LogP contribution in [0.15, 0.2) is 30.5 Å². The highest BCUT2D eigenvalue weighted by Crippen LogP contribution is 2.48. The van der Waals surface area contributed by atoms with E-state index in [0.29, 0.717) is 0 Å². The Morgan fingerprint density at radius 3 is 2.50 bits per heavy atom. The van der Waals surface area contributed by atoms with Crippen molar-refractivity contribution >= 4 is 27.8 Å². The van der Waals surface area contributed by atoms with Gasteiger partial charge in [-0.1, -0.05) is 13.8 Å². The summed E-state index contributed by atoms with van der Waals surface area (Å²) in [4.78, 5) is 11.3. The highest BCUT2D eigenvalue weighted by Gasteiger charge is 2.46. The number of aromatic nitrogens is 3. The van der Waals surface area contributed by atoms with Gasteiger partial charge in [0.05, 0.1) is 23.9 Å². The molecule has 0 unspecified atom stereocenters. The third kappa shape index (κ3) is 3.69. The van der Waals surface area contributed by atoms with Gasteiger partial charge >= 0.3 is 5.97 Å². The van der Waals surface area contributed by atoms with Crippen molar-refractivity contribution in [1.29, 1.82) is 0 Å². The molecule has 11 heteroatoms. The zero-order valence-corrected chi connectivity index (χ0v) is 18.3. The summed E-state index contributed by atoms with van der Waals surface area (Å²) in [5, 5.41) is 15.0. The lowest BCUT2D eigenvalue weighted by atomic mass is 9.84. The molecule has 0 spiro atoms. The van der Waals surface area contributed by atoms with E-state index in [0.717, 1.165) is 12.1 Å². The molecule has 6 nitrogen and oxygen atoms in total. The number of nitrogens with one attached hydrogen (secondary N) is 1. The van der Waals surface area contributed by atoms with E-state index in [1.807, 2.05) is 0 Å². The number of H-pyrrole nitrogens is 1. The maximum atomic E-state index is 15.7. The zero-order chi connectivity index (χ0) is 25.0. The minimum Gasteiger partial charge on any atom is -0.481 e. The average Bonchev–Trinajstić information content (AvgIpc) is 3.33. The molecule has 0 aliphatic carbocycles. The topological polar surface area (TPSA) is 80.1 Å². The van der Waals surface area contributed by atoms with E-state index < -0.39 is 52.1 Å². The number of alkyl halides is 2. The number of fused-ring (bicyclic) bond motifs is 2. The number of carboxylic acid groups (broad SMARTS) is 1. The molecule has 0 saturated heterocycles. The van der Waals surface area contributed by atoms with E-state index >= 15 is 13.2 Å². The summed E-state index contributed by atoms with van der Waals surface area (Å²) < 4.78 is 81.2. The zero-order valence-electron chi connectivity index (χ0n) is 18.3. The van der Waals surface area contributed by atoms with Gasteiger partial charge in [-0.05, 0) is 18.2 Å². The van der Waals surface area contributed by atoms with Crippen LogP contribution in [0.5, 0.6) is 0 Å². The summed E-state index contributed by atoms with van der Waals surface area (Å²) in [6.45, 7) is 2.98. The van der Waals surface area contributed by atoms with Gasteiger partial charge in [0.1, 0.15) is 11.9 Å². The average molecular weight is 481 g/mol. The number of halogens is 5. The standard InChI is InChI=1S/C23H20F5N3O3/c1-22(2,10-34-3)21-18(23(27,28)8-16(32)33)17-15(6-11-9-29-30-20(11)19(17)26)31(21)12-4-5-13(24)14(25)7-12/h4-7,9H,8,10H2,1-3H3,(H,29,30)(H,32,33). The van der Waals surface area contributed by atoms with Crippen molar-refractivity contribution in [2.24, 2.45) is 0 Å². The van der Waals surface area contributed by atoms with Gasteiger partial charge in [-0.15, -0.1) is 0 Å². The van der Waals surface area contributed by atoms with E-state index in [1.54, 1.807) is 13.8 Å². The summed E-state index contributed by atoms with van der Waals surface area (Å²) in [7, 11) is 1.34. The van der Waals surface area contributed by atoms with Crippen LogP contribution in [0.1, 0.15) is 31.5 Å². The molecule has 0 fully saturated rings. The number of nitrogens with zero attached hydrogens (tertiary/aromatic N) is 2. The third-order valence-electron chi connectivity index (χ3n) is 5.65. The molecular weight excluding hydrogens is 461 g/mol. The Labute approximate surface area is 189 Å². The van der Waals surface area contributed by atoms with Crippen LogP contribution in [0.4, 0.5) is 22.0 Å². The van der Waals surface area contributed by atoms with Gasteiger partial charge in [-0.2, -0.15) is 5.10 Å². The van der Waals surface area contributed by atoms with E-state index in [9.17, 15) is 13.6 Å². The lowest BCUT2D eigenvalue weighted by Crippen LogP contribution is -2.31. The fourth-order valence-corrected chi connectivity index (χ4v) is 4.40. The molecule has 34 heavy (non-hydrogen) atoms. The quantitative estimate of drug-likeness (QED) is 0.346. The number of rotatable bonds is 7. The lowest BCUT2D eigenvalue weighted by Gasteiger charge is -2.30. The van der Waals surface area contributed by atoms with E-state index in [-0.39, 0.29) is 34.4 Å². The smallest absolute Gasteiger partial charge is 0.309 e. The second-order valence-corrected chi connectivity index (χ2v) is 8.67. The Kier molecular flexibility index (Phi) is 5.63. The van der Waals surface area contributed by atoms with E-state index in [2.05, 4.69) is 10.2 Å². The summed E-state index contributed by atoms with van der Waals surface area (Å²) >= 11 is 0. The largest absolute Gasteiger partial charge is 0.481 e. The molecule has 0 amide bonds. The van der Waals surface area contributed by atoms with Crippen LogP contribution >= 0.6 is 0 Å². The van der Waals surface area contributed by atoms with Crippen molar-refractivity contribution < 1.29 is 36.6 Å². The first-order valence-electron chi connectivity index (χ1n) is 10.1. The summed E-state index contributed by atoms with van der Waals surface area (Å²) in [6.07, 6.45) is -0.324. The fraction of sp³-hybridized carbons (Fsp3) is 0.304. The SMILES string of the molecule is COCC(C)(C)c1c(C(F)(F)CC(=O)O)c2c(F)c3[nH]ncc3cc2n1-c1ccc(F)c(F)c1. The lowest BCUT2D eigenvalue weighted by molar-refractivity contribution is -0.145. The van der Waals surface area contributed by atoms with Crippen LogP contribution in [-0.4, -0.2) is 39.6 Å². The molecule has 0 radical (unpaired) electrons. The van der Waals surface area contributed by atoms with Gasteiger partial charge in [-0.3, -0.25) is 9.89 Å². The highest BCUT2D eigenvalue weighted by molar-refractivity contribution is 6.00. The summed E-state index contributed by atoms with van der Waals surface area (Å²) in [5.74, 6) is -9.28. The van der Waals surface area contributed by atoms with E-state index in [1.165, 1.54) is 30.0 Å². The van der Waals surface area contributed by atoms with Crippen LogP contribution in [0, 0.1) is 17.5 Å². The van der Waals surface area contributed by atoms with Gasteiger partial charge in [0.15, 0.2) is 17.5 Å². The number of carboxylic acids is 1. The Morgan fingerprint density at radius 1 is 1.18 bits per heavy atom.